The molecule has 0 aliphatic carbocycles. The summed E-state index contributed by atoms with van der Waals surface area (Å²) >= 11 is 0. The average Bonchev–Trinajstić information content (AvgIpc) is 2.74. The molecule has 148 valence electrons. The molecule has 0 bridgehead atoms. The third kappa shape index (κ3) is 3.83. The molecule has 2 aliphatic rings. The molecule has 0 saturated carbocycles. The van der Waals surface area contributed by atoms with Crippen LogP contribution in [-0.2, 0) is 0 Å². The molecule has 2 aliphatic heterocycles. The van der Waals surface area contributed by atoms with Crippen LogP contribution in [-0.4, -0.2) is 53.4 Å². The maximum Gasteiger partial charge on any atom is 0.255 e. The summed E-state index contributed by atoms with van der Waals surface area (Å²) in [5.41, 5.74) is 3.55. The van der Waals surface area contributed by atoms with Crippen LogP contribution in [0.5, 0.6) is 0 Å². The number of aryl methyl sites for hydroxylation is 1. The lowest BCUT2D eigenvalue weighted by atomic mass is 9.68. The van der Waals surface area contributed by atoms with E-state index >= 15 is 0 Å². The van der Waals surface area contributed by atoms with Gasteiger partial charge >= 0.3 is 0 Å². The maximum atomic E-state index is 13.0. The number of aromatic nitrogens is 1. The molecule has 1 atom stereocenters. The third-order valence-corrected chi connectivity index (χ3v) is 6.82. The number of carbonyl (C=O) groups excluding carboxylic acids is 1. The van der Waals surface area contributed by atoms with Gasteiger partial charge in [0, 0.05) is 38.6 Å². The highest BCUT2D eigenvalue weighted by molar-refractivity contribution is 5.95. The summed E-state index contributed by atoms with van der Waals surface area (Å²) in [6.45, 7) is 9.39. The Bertz CT molecular complexity index is 812. The van der Waals surface area contributed by atoms with E-state index in [2.05, 4.69) is 47.1 Å². The van der Waals surface area contributed by atoms with Crippen molar-refractivity contribution in [2.75, 3.05) is 32.7 Å². The molecule has 4 heteroatoms. The molecular weight excluding hydrogens is 346 g/mol. The van der Waals surface area contributed by atoms with E-state index in [0.29, 0.717) is 11.3 Å². The van der Waals surface area contributed by atoms with E-state index in [-0.39, 0.29) is 5.91 Å². The Morgan fingerprint density at radius 2 is 1.93 bits per heavy atom. The van der Waals surface area contributed by atoms with Crippen molar-refractivity contribution in [1.29, 1.82) is 0 Å². The molecular formula is C24H31N3O. The molecule has 0 N–H and O–H groups in total. The van der Waals surface area contributed by atoms with Crippen LogP contribution in [0.3, 0.4) is 0 Å². The SMILES string of the molecule is CCN1C[C@H](c2ccccc2)CC2(CCN(C(=O)c3cnccc3C)CC2)C1. The first-order chi connectivity index (χ1) is 13.6. The number of likely N-dealkylation sites (N-methyl/N-ethyl adjacent to an activating group) is 1. The zero-order valence-corrected chi connectivity index (χ0v) is 17.1. The second-order valence-electron chi connectivity index (χ2n) is 8.62. The minimum atomic E-state index is 0.142. The molecule has 4 rings (SSSR count). The zero-order chi connectivity index (χ0) is 19.6. The highest BCUT2D eigenvalue weighted by Gasteiger charge is 2.42. The van der Waals surface area contributed by atoms with Crippen LogP contribution in [0.4, 0.5) is 0 Å². The number of nitrogens with zero attached hydrogens (tertiary/aromatic N) is 3. The Hall–Kier alpha value is -2.20. The number of hydrogen-bond donors (Lipinski definition) is 0. The number of rotatable bonds is 3. The van der Waals surface area contributed by atoms with Gasteiger partial charge in [0.25, 0.3) is 5.91 Å². The molecule has 28 heavy (non-hydrogen) atoms. The number of piperidine rings is 2. The molecule has 4 nitrogen and oxygen atoms in total. The lowest BCUT2D eigenvalue weighted by Crippen LogP contribution is -2.52. The number of hydrogen-bond acceptors (Lipinski definition) is 3. The topological polar surface area (TPSA) is 36.4 Å². The van der Waals surface area contributed by atoms with Gasteiger partial charge in [-0.15, -0.1) is 0 Å². The first-order valence-corrected chi connectivity index (χ1v) is 10.6. The molecule has 2 aromatic rings. The highest BCUT2D eigenvalue weighted by atomic mass is 16.2. The van der Waals surface area contributed by atoms with Crippen molar-refractivity contribution in [3.05, 3.63) is 65.5 Å². The van der Waals surface area contributed by atoms with Gasteiger partial charge < -0.3 is 9.80 Å². The minimum absolute atomic E-state index is 0.142. The second-order valence-corrected chi connectivity index (χ2v) is 8.62. The van der Waals surface area contributed by atoms with Gasteiger partial charge in [-0.25, -0.2) is 0 Å². The summed E-state index contributed by atoms with van der Waals surface area (Å²) in [6, 6.07) is 12.9. The van der Waals surface area contributed by atoms with E-state index in [0.717, 1.165) is 50.1 Å². The van der Waals surface area contributed by atoms with Gasteiger partial charge in [0.05, 0.1) is 5.56 Å². The van der Waals surface area contributed by atoms with Crippen LogP contribution in [0, 0.1) is 12.3 Å². The molecule has 2 fully saturated rings. The van der Waals surface area contributed by atoms with Crippen molar-refractivity contribution in [1.82, 2.24) is 14.8 Å². The van der Waals surface area contributed by atoms with Gasteiger partial charge in [-0.3, -0.25) is 9.78 Å². The zero-order valence-electron chi connectivity index (χ0n) is 17.1. The van der Waals surface area contributed by atoms with Gasteiger partial charge in [-0.2, -0.15) is 0 Å². The van der Waals surface area contributed by atoms with Gasteiger partial charge in [-0.05, 0) is 61.3 Å². The molecule has 0 unspecified atom stereocenters. The van der Waals surface area contributed by atoms with Gasteiger partial charge in [-0.1, -0.05) is 37.3 Å². The van der Waals surface area contributed by atoms with E-state index in [1.165, 1.54) is 18.5 Å². The van der Waals surface area contributed by atoms with Crippen molar-refractivity contribution >= 4 is 5.91 Å². The number of benzene rings is 1. The van der Waals surface area contributed by atoms with Crippen molar-refractivity contribution < 1.29 is 4.79 Å². The van der Waals surface area contributed by atoms with Crippen molar-refractivity contribution in [3.63, 3.8) is 0 Å². The van der Waals surface area contributed by atoms with Crippen molar-refractivity contribution in [3.8, 4) is 0 Å². The van der Waals surface area contributed by atoms with E-state index in [4.69, 9.17) is 0 Å². The molecule has 1 aromatic carbocycles. The normalized spacial score (nSPS) is 22.4. The Morgan fingerprint density at radius 1 is 1.18 bits per heavy atom. The summed E-state index contributed by atoms with van der Waals surface area (Å²) in [5, 5.41) is 0. The van der Waals surface area contributed by atoms with Gasteiger partial charge in [0.2, 0.25) is 0 Å². The number of amides is 1. The largest absolute Gasteiger partial charge is 0.339 e. The molecule has 2 saturated heterocycles. The standard InChI is InChI=1S/C24H31N3O/c1-3-26-17-21(20-7-5-4-6-8-20)15-24(18-26)10-13-27(14-11-24)23(28)22-16-25-12-9-19(22)2/h4-9,12,16,21H,3,10-11,13-15,17-18H2,1-2H3/t21-/m1/s1. The fraction of sp³-hybridized carbons (Fsp3) is 0.500. The lowest BCUT2D eigenvalue weighted by molar-refractivity contribution is 0.0158. The summed E-state index contributed by atoms with van der Waals surface area (Å²) < 4.78 is 0. The van der Waals surface area contributed by atoms with Crippen LogP contribution >= 0.6 is 0 Å². The van der Waals surface area contributed by atoms with Gasteiger partial charge in [0.1, 0.15) is 0 Å². The lowest BCUT2D eigenvalue weighted by Gasteiger charge is -2.50. The Balaban J connectivity index is 1.47. The first kappa shape index (κ1) is 19.1. The second kappa shape index (κ2) is 8.04. The fourth-order valence-corrected chi connectivity index (χ4v) is 5.10. The number of pyridine rings is 1. The predicted molar refractivity (Wildman–Crippen MR) is 112 cm³/mol. The summed E-state index contributed by atoms with van der Waals surface area (Å²) in [5.74, 6) is 0.737. The van der Waals surface area contributed by atoms with Crippen LogP contribution in [0.15, 0.2) is 48.8 Å². The van der Waals surface area contributed by atoms with Crippen molar-refractivity contribution in [2.45, 2.75) is 39.0 Å². The quantitative estimate of drug-likeness (QED) is 0.807. The Labute approximate surface area is 168 Å². The molecule has 0 radical (unpaired) electrons. The smallest absolute Gasteiger partial charge is 0.255 e. The molecule has 3 heterocycles. The fourth-order valence-electron chi connectivity index (χ4n) is 5.10. The number of carbonyl (C=O) groups is 1. The molecule has 1 amide bonds. The molecule has 1 aromatic heterocycles. The summed E-state index contributed by atoms with van der Waals surface area (Å²) in [4.78, 5) is 21.8. The third-order valence-electron chi connectivity index (χ3n) is 6.82. The summed E-state index contributed by atoms with van der Waals surface area (Å²) in [6.07, 6.45) is 6.90. The van der Waals surface area contributed by atoms with Crippen LogP contribution in [0.1, 0.15) is 53.6 Å². The van der Waals surface area contributed by atoms with E-state index < -0.39 is 0 Å². The van der Waals surface area contributed by atoms with Crippen LogP contribution in [0.25, 0.3) is 0 Å². The minimum Gasteiger partial charge on any atom is -0.339 e. The Kier molecular flexibility index (Phi) is 5.49. The van der Waals surface area contributed by atoms with E-state index in [1.54, 1.807) is 12.4 Å². The van der Waals surface area contributed by atoms with Crippen molar-refractivity contribution in [2.24, 2.45) is 5.41 Å². The average molecular weight is 378 g/mol. The maximum absolute atomic E-state index is 13.0. The Morgan fingerprint density at radius 3 is 2.61 bits per heavy atom. The monoisotopic (exact) mass is 377 g/mol. The predicted octanol–water partition coefficient (Wildman–Crippen LogP) is 4.12. The summed E-state index contributed by atoms with van der Waals surface area (Å²) in [7, 11) is 0. The van der Waals surface area contributed by atoms with Gasteiger partial charge in [0.15, 0.2) is 0 Å². The van der Waals surface area contributed by atoms with Crippen LogP contribution in [0.2, 0.25) is 0 Å². The first-order valence-electron chi connectivity index (χ1n) is 10.6. The number of likely N-dealkylation sites (tertiary alicyclic amines) is 2. The molecule has 1 spiro atoms. The van der Waals surface area contributed by atoms with E-state index in [9.17, 15) is 4.79 Å². The highest BCUT2D eigenvalue weighted by Crippen LogP contribution is 2.45. The van der Waals surface area contributed by atoms with E-state index in [1.807, 2.05) is 17.9 Å². The van der Waals surface area contributed by atoms with Crippen LogP contribution < -0.4 is 0 Å².